The lowest BCUT2D eigenvalue weighted by atomic mass is 10.0. The summed E-state index contributed by atoms with van der Waals surface area (Å²) in [5.74, 6) is 0. The van der Waals surface area contributed by atoms with Gasteiger partial charge in [-0.25, -0.2) is 0 Å². The smallest absolute Gasteiger partial charge is 0.225 e. The van der Waals surface area contributed by atoms with E-state index in [2.05, 4.69) is 6.92 Å². The highest BCUT2D eigenvalue weighted by Crippen LogP contribution is 2.14. The van der Waals surface area contributed by atoms with Gasteiger partial charge in [0, 0.05) is 0 Å². The summed E-state index contributed by atoms with van der Waals surface area (Å²) in [5, 5.41) is 0. The lowest BCUT2D eigenvalue weighted by Crippen LogP contribution is -1.83. The van der Waals surface area contributed by atoms with Gasteiger partial charge in [0.05, 0.1) is 0 Å². The van der Waals surface area contributed by atoms with E-state index in [-0.39, 0.29) is 0 Å². The van der Waals surface area contributed by atoms with Crippen molar-refractivity contribution in [3.05, 3.63) is 12.2 Å². The summed E-state index contributed by atoms with van der Waals surface area (Å²) < 4.78 is 0. The zero-order valence-corrected chi connectivity index (χ0v) is 15.8. The maximum atomic E-state index is 9.98. The topological polar surface area (TPSA) is 17.1 Å². The van der Waals surface area contributed by atoms with Crippen LogP contribution in [0.3, 0.4) is 0 Å². The van der Waals surface area contributed by atoms with E-state index in [0.29, 0.717) is 0 Å². The van der Waals surface area contributed by atoms with E-state index in [1.807, 2.05) is 6.08 Å². The molecule has 0 aromatic heterocycles. The maximum Gasteiger partial charge on any atom is 0.225 e. The summed E-state index contributed by atoms with van der Waals surface area (Å²) in [6.45, 7) is 2.29. The van der Waals surface area contributed by atoms with Crippen molar-refractivity contribution in [2.24, 2.45) is 0 Å². The van der Waals surface area contributed by atoms with Crippen molar-refractivity contribution in [2.75, 3.05) is 0 Å². The monoisotopic (exact) mass is 321 g/mol. The van der Waals surface area contributed by atoms with Gasteiger partial charge < -0.3 is 0 Å². The zero-order valence-electron chi connectivity index (χ0n) is 15.8. The Labute approximate surface area is 146 Å². The minimum Gasteiger partial charge on any atom is -0.286 e. The molecular formula is C22H41O. The van der Waals surface area contributed by atoms with Crippen molar-refractivity contribution in [3.63, 3.8) is 0 Å². The highest BCUT2D eigenvalue weighted by molar-refractivity contribution is 5.65. The fourth-order valence-electron chi connectivity index (χ4n) is 3.12. The second-order valence-electron chi connectivity index (χ2n) is 6.97. The van der Waals surface area contributed by atoms with E-state index in [0.717, 1.165) is 6.42 Å². The molecule has 0 bridgehead atoms. The summed E-state index contributed by atoms with van der Waals surface area (Å²) in [6, 6.07) is 0. The molecule has 1 radical (unpaired) electrons. The van der Waals surface area contributed by atoms with Crippen LogP contribution in [0.15, 0.2) is 12.2 Å². The van der Waals surface area contributed by atoms with Crippen molar-refractivity contribution in [1.29, 1.82) is 0 Å². The molecule has 0 fully saturated rings. The maximum absolute atomic E-state index is 9.98. The SMILES string of the molecule is CCCCCCCCCCCCCCCCCCC/C=C/[C]=O. The van der Waals surface area contributed by atoms with Gasteiger partial charge in [-0.15, -0.1) is 0 Å². The third-order valence-electron chi connectivity index (χ3n) is 4.66. The fourth-order valence-corrected chi connectivity index (χ4v) is 3.12. The molecule has 0 heterocycles. The van der Waals surface area contributed by atoms with Crippen molar-refractivity contribution < 1.29 is 4.79 Å². The molecule has 0 aromatic carbocycles. The number of carbonyl (C=O) groups excluding carboxylic acids is 1. The van der Waals surface area contributed by atoms with Gasteiger partial charge in [-0.3, -0.25) is 4.79 Å². The van der Waals surface area contributed by atoms with Crippen LogP contribution in [0.5, 0.6) is 0 Å². The highest BCUT2D eigenvalue weighted by Gasteiger charge is 1.94. The van der Waals surface area contributed by atoms with E-state index in [9.17, 15) is 4.79 Å². The largest absolute Gasteiger partial charge is 0.286 e. The summed E-state index contributed by atoms with van der Waals surface area (Å²) in [4.78, 5) is 9.98. The van der Waals surface area contributed by atoms with Crippen LogP contribution >= 0.6 is 0 Å². The van der Waals surface area contributed by atoms with Crippen molar-refractivity contribution in [3.8, 4) is 0 Å². The Morgan fingerprint density at radius 1 is 0.565 bits per heavy atom. The molecule has 0 unspecified atom stereocenters. The van der Waals surface area contributed by atoms with Crippen LogP contribution in [0.25, 0.3) is 0 Å². The summed E-state index contributed by atoms with van der Waals surface area (Å²) >= 11 is 0. The van der Waals surface area contributed by atoms with Gasteiger partial charge in [-0.05, 0) is 18.9 Å². The highest BCUT2D eigenvalue weighted by atomic mass is 16.1. The predicted molar refractivity (Wildman–Crippen MR) is 104 cm³/mol. The number of rotatable bonds is 19. The van der Waals surface area contributed by atoms with Gasteiger partial charge in [0.2, 0.25) is 6.29 Å². The van der Waals surface area contributed by atoms with Crippen LogP contribution in [0.4, 0.5) is 0 Å². The molecule has 0 spiro atoms. The number of allylic oxidation sites excluding steroid dienone is 2. The van der Waals surface area contributed by atoms with Crippen LogP contribution in [0.1, 0.15) is 122 Å². The fraction of sp³-hybridized carbons (Fsp3) is 0.864. The van der Waals surface area contributed by atoms with Crippen molar-refractivity contribution in [1.82, 2.24) is 0 Å². The second kappa shape index (κ2) is 21.4. The lowest BCUT2D eigenvalue weighted by Gasteiger charge is -2.03. The van der Waals surface area contributed by atoms with E-state index in [4.69, 9.17) is 0 Å². The number of unbranched alkanes of at least 4 members (excludes halogenated alkanes) is 17. The average molecular weight is 322 g/mol. The van der Waals surface area contributed by atoms with Gasteiger partial charge in [0.25, 0.3) is 0 Å². The lowest BCUT2D eigenvalue weighted by molar-refractivity contribution is 0.527. The van der Waals surface area contributed by atoms with E-state index in [1.54, 1.807) is 6.29 Å². The Hall–Kier alpha value is -0.590. The van der Waals surface area contributed by atoms with Crippen LogP contribution < -0.4 is 0 Å². The zero-order chi connectivity index (χ0) is 16.8. The quantitative estimate of drug-likeness (QED) is 0.176. The van der Waals surface area contributed by atoms with E-state index < -0.39 is 0 Å². The minimum absolute atomic E-state index is 1.04. The molecule has 23 heavy (non-hydrogen) atoms. The van der Waals surface area contributed by atoms with Gasteiger partial charge in [0.15, 0.2) is 0 Å². The summed E-state index contributed by atoms with van der Waals surface area (Å²) in [7, 11) is 0. The third kappa shape index (κ3) is 21.4. The molecule has 0 amide bonds. The first-order chi connectivity index (χ1) is 11.4. The summed E-state index contributed by atoms with van der Waals surface area (Å²) in [5.41, 5.74) is 0. The Balaban J connectivity index is 2.97. The Morgan fingerprint density at radius 2 is 0.913 bits per heavy atom. The molecule has 0 saturated carbocycles. The molecule has 0 aliphatic heterocycles. The average Bonchev–Trinajstić information content (AvgIpc) is 2.57. The van der Waals surface area contributed by atoms with Crippen molar-refractivity contribution in [2.45, 2.75) is 122 Å². The van der Waals surface area contributed by atoms with Crippen LogP contribution in [0.2, 0.25) is 0 Å². The predicted octanol–water partition coefficient (Wildman–Crippen LogP) is 7.69. The molecule has 1 nitrogen and oxygen atoms in total. The van der Waals surface area contributed by atoms with Crippen LogP contribution in [0, 0.1) is 0 Å². The van der Waals surface area contributed by atoms with Crippen molar-refractivity contribution >= 4 is 6.29 Å². The van der Waals surface area contributed by atoms with Crippen LogP contribution in [-0.4, -0.2) is 6.29 Å². The molecule has 0 saturated heterocycles. The second-order valence-corrected chi connectivity index (χ2v) is 6.97. The van der Waals surface area contributed by atoms with Gasteiger partial charge in [-0.2, -0.15) is 0 Å². The van der Waals surface area contributed by atoms with Crippen LogP contribution in [-0.2, 0) is 4.79 Å². The first-order valence-corrected chi connectivity index (χ1v) is 10.4. The molecular weight excluding hydrogens is 280 g/mol. The first kappa shape index (κ1) is 22.4. The van der Waals surface area contributed by atoms with Gasteiger partial charge >= 0.3 is 0 Å². The molecule has 0 rings (SSSR count). The normalized spacial score (nSPS) is 11.3. The standard InChI is InChI=1S/C22H41O/c1-2-3-4-5-6-7-8-9-10-11-12-13-14-15-16-17-18-19-20-21-22-23/h20-21H,2-19H2,1H3/b21-20+. The molecule has 0 aliphatic carbocycles. The van der Waals surface area contributed by atoms with E-state index >= 15 is 0 Å². The molecule has 0 aliphatic rings. The molecule has 0 atom stereocenters. The Kier molecular flexibility index (Phi) is 20.9. The van der Waals surface area contributed by atoms with Gasteiger partial charge in [0.1, 0.15) is 0 Å². The Morgan fingerprint density at radius 3 is 1.26 bits per heavy atom. The Bertz CT molecular complexity index is 244. The van der Waals surface area contributed by atoms with E-state index in [1.165, 1.54) is 115 Å². The molecule has 1 heteroatoms. The molecule has 0 N–H and O–H groups in total. The molecule has 135 valence electrons. The molecule has 0 aromatic rings. The van der Waals surface area contributed by atoms with Gasteiger partial charge in [-0.1, -0.05) is 116 Å². The minimum atomic E-state index is 1.04. The first-order valence-electron chi connectivity index (χ1n) is 10.4. The number of hydrogen-bond acceptors (Lipinski definition) is 1. The third-order valence-corrected chi connectivity index (χ3v) is 4.66. The number of hydrogen-bond donors (Lipinski definition) is 0. The summed E-state index contributed by atoms with van der Waals surface area (Å²) in [6.07, 6.45) is 30.2.